The summed E-state index contributed by atoms with van der Waals surface area (Å²) in [5, 5.41) is 1.10. The molecule has 0 saturated heterocycles. The van der Waals surface area contributed by atoms with Gasteiger partial charge in [-0.3, -0.25) is 0 Å². The topological polar surface area (TPSA) is 17.8 Å². The number of nitrogens with zero attached hydrogens (tertiary/aromatic N) is 2. The highest BCUT2D eigenvalue weighted by Gasteiger charge is 2.36. The molecule has 0 atom stereocenters. The van der Waals surface area contributed by atoms with Gasteiger partial charge in [-0.25, -0.2) is 4.98 Å². The molecule has 4 aromatic carbocycles. The Bertz CT molecular complexity index is 1240. The van der Waals surface area contributed by atoms with E-state index in [0.29, 0.717) is 5.82 Å². The predicted molar refractivity (Wildman–Crippen MR) is 158 cm³/mol. The number of benzene rings is 4. The van der Waals surface area contributed by atoms with Crippen molar-refractivity contribution in [1.29, 1.82) is 0 Å². The van der Waals surface area contributed by atoms with Crippen molar-refractivity contribution < 1.29 is 0 Å². The summed E-state index contributed by atoms with van der Waals surface area (Å²) in [5.41, 5.74) is 5.35. The van der Waals surface area contributed by atoms with E-state index in [1.165, 1.54) is 27.5 Å². The van der Waals surface area contributed by atoms with Crippen LogP contribution in [0.1, 0.15) is 35.0 Å². The number of hydrogen-bond donors (Lipinski definition) is 0. The molecule has 0 fully saturated rings. The van der Waals surface area contributed by atoms with Gasteiger partial charge in [0.15, 0.2) is 0 Å². The molecule has 36 heavy (non-hydrogen) atoms. The van der Waals surface area contributed by atoms with Crippen molar-refractivity contribution in [2.75, 3.05) is 0 Å². The van der Waals surface area contributed by atoms with Crippen LogP contribution in [0.25, 0.3) is 0 Å². The van der Waals surface area contributed by atoms with Crippen molar-refractivity contribution in [3.8, 4) is 0 Å². The Hall–Kier alpha value is -3.89. The number of rotatable bonds is 7. The summed E-state index contributed by atoms with van der Waals surface area (Å²) in [5.74, 6) is 0.484. The van der Waals surface area contributed by atoms with E-state index in [0.717, 1.165) is 0 Å². The first-order chi connectivity index (χ1) is 17.6. The third-order valence-electron chi connectivity index (χ3n) is 6.60. The molecule has 5 aromatic rings. The zero-order valence-corrected chi connectivity index (χ0v) is 22.6. The zero-order valence-electron chi connectivity index (χ0n) is 21.2. The Morgan fingerprint density at radius 2 is 1.17 bits per heavy atom. The lowest BCUT2D eigenvalue weighted by Gasteiger charge is -2.37. The van der Waals surface area contributed by atoms with Crippen molar-refractivity contribution >= 4 is 17.4 Å². The summed E-state index contributed by atoms with van der Waals surface area (Å²) in [6.07, 6.45) is 5.85. The SMILES string of the molecule is BC(c1ccccc1)c1ccccc1.C=C(C)[SiH2]C(c1ccccc1)(c1ccccc1)n1ccnc1. The monoisotopic (exact) mass is 484 g/mol. The molecular formula is C32H33BN2Si. The average Bonchev–Trinajstić information content (AvgIpc) is 3.49. The lowest BCUT2D eigenvalue weighted by atomic mass is 9.76. The molecule has 0 bridgehead atoms. The highest BCUT2D eigenvalue weighted by atomic mass is 28.2. The molecule has 4 heteroatoms. The van der Waals surface area contributed by atoms with Gasteiger partial charge in [-0.1, -0.05) is 127 Å². The molecule has 1 heterocycles. The van der Waals surface area contributed by atoms with Crippen molar-refractivity contribution in [2.45, 2.75) is 17.9 Å². The van der Waals surface area contributed by atoms with Crippen molar-refractivity contribution in [3.63, 3.8) is 0 Å². The van der Waals surface area contributed by atoms with Crippen LogP contribution in [0, 0.1) is 0 Å². The maximum absolute atomic E-state index is 4.30. The molecule has 178 valence electrons. The fourth-order valence-corrected chi connectivity index (χ4v) is 6.91. The molecule has 0 unspecified atom stereocenters. The third kappa shape index (κ3) is 5.84. The molecule has 5 rings (SSSR count). The van der Waals surface area contributed by atoms with Crippen LogP contribution in [0.5, 0.6) is 0 Å². The van der Waals surface area contributed by atoms with Gasteiger partial charge in [0, 0.05) is 12.4 Å². The van der Waals surface area contributed by atoms with Crippen LogP contribution >= 0.6 is 0 Å². The number of allylic oxidation sites excluding steroid dienone is 1. The number of aromatic nitrogens is 2. The van der Waals surface area contributed by atoms with Gasteiger partial charge in [-0.05, 0) is 35.0 Å². The fraction of sp³-hybridized carbons (Fsp3) is 0.0938. The zero-order chi connectivity index (χ0) is 25.2. The largest absolute Gasteiger partial charge is 0.326 e. The second kappa shape index (κ2) is 12.2. The van der Waals surface area contributed by atoms with Crippen molar-refractivity contribution in [3.05, 3.63) is 174 Å². The lowest BCUT2D eigenvalue weighted by Crippen LogP contribution is -2.42. The van der Waals surface area contributed by atoms with E-state index in [1.54, 1.807) is 0 Å². The fourth-order valence-electron chi connectivity index (χ4n) is 4.79. The highest BCUT2D eigenvalue weighted by Crippen LogP contribution is 2.34. The molecular weight excluding hydrogens is 451 g/mol. The Labute approximate surface area is 218 Å². The van der Waals surface area contributed by atoms with Gasteiger partial charge in [0.2, 0.25) is 0 Å². The Morgan fingerprint density at radius 1 is 0.750 bits per heavy atom. The summed E-state index contributed by atoms with van der Waals surface area (Å²) < 4.78 is 2.25. The molecule has 0 saturated carbocycles. The maximum atomic E-state index is 4.30. The van der Waals surface area contributed by atoms with Gasteiger partial charge >= 0.3 is 0 Å². The molecule has 0 aliphatic rings. The van der Waals surface area contributed by atoms with Crippen LogP contribution in [0.4, 0.5) is 0 Å². The lowest BCUT2D eigenvalue weighted by molar-refractivity contribution is 0.595. The normalized spacial score (nSPS) is 11.3. The van der Waals surface area contributed by atoms with Crippen molar-refractivity contribution in [1.82, 2.24) is 9.55 Å². The van der Waals surface area contributed by atoms with Gasteiger partial charge in [0.25, 0.3) is 0 Å². The summed E-state index contributed by atoms with van der Waals surface area (Å²) in [6, 6.07) is 42.6. The molecule has 2 nitrogen and oxygen atoms in total. The summed E-state index contributed by atoms with van der Waals surface area (Å²) >= 11 is 0. The van der Waals surface area contributed by atoms with E-state index in [-0.39, 0.29) is 5.16 Å². The molecule has 0 aliphatic heterocycles. The smallest absolute Gasteiger partial charge is 0.116 e. The second-order valence-corrected chi connectivity index (χ2v) is 11.8. The van der Waals surface area contributed by atoms with Crippen LogP contribution in [0.2, 0.25) is 0 Å². The average molecular weight is 485 g/mol. The molecule has 0 spiro atoms. The van der Waals surface area contributed by atoms with Crippen LogP contribution in [0.3, 0.4) is 0 Å². The number of hydrogen-bond acceptors (Lipinski definition) is 1. The Balaban J connectivity index is 0.000000187. The Kier molecular flexibility index (Phi) is 8.53. The number of imidazole rings is 1. The van der Waals surface area contributed by atoms with E-state index in [2.05, 4.69) is 158 Å². The first-order valence-electron chi connectivity index (χ1n) is 12.4. The maximum Gasteiger partial charge on any atom is 0.116 e. The Morgan fingerprint density at radius 3 is 1.53 bits per heavy atom. The predicted octanol–water partition coefficient (Wildman–Crippen LogP) is 5.74. The van der Waals surface area contributed by atoms with Gasteiger partial charge in [-0.2, -0.15) is 0 Å². The first-order valence-corrected chi connectivity index (χ1v) is 13.9. The van der Waals surface area contributed by atoms with Crippen LogP contribution in [-0.4, -0.2) is 26.9 Å². The van der Waals surface area contributed by atoms with Gasteiger partial charge < -0.3 is 4.57 Å². The molecule has 0 radical (unpaired) electrons. The summed E-state index contributed by atoms with van der Waals surface area (Å²) in [4.78, 5) is 4.30. The van der Waals surface area contributed by atoms with E-state index in [9.17, 15) is 0 Å². The van der Waals surface area contributed by atoms with Gasteiger partial charge in [0.05, 0.1) is 21.0 Å². The molecule has 0 amide bonds. The van der Waals surface area contributed by atoms with Gasteiger partial charge in [0.1, 0.15) is 7.85 Å². The highest BCUT2D eigenvalue weighted by molar-refractivity contribution is 6.50. The molecule has 0 aliphatic carbocycles. The minimum absolute atomic E-state index is 0.176. The van der Waals surface area contributed by atoms with E-state index in [1.807, 2.05) is 12.5 Å². The molecule has 0 N–H and O–H groups in total. The standard InChI is InChI=1S/C19H20N2Si.C13H13B/c1-16(2)22-19(21-14-13-20-15-21,17-9-5-3-6-10-17)18-11-7-4-8-12-18;14-13(11-7-3-1-4-8-11)12-9-5-2-6-10-12/h3-15H,1,22H2,2H3;1-10,13H,14H2. The molecule has 1 aromatic heterocycles. The van der Waals surface area contributed by atoms with Gasteiger partial charge in [-0.15, -0.1) is 6.58 Å². The summed E-state index contributed by atoms with van der Waals surface area (Å²) in [6.45, 7) is 6.37. The van der Waals surface area contributed by atoms with E-state index in [4.69, 9.17) is 0 Å². The second-order valence-electron chi connectivity index (χ2n) is 9.24. The van der Waals surface area contributed by atoms with E-state index < -0.39 is 9.52 Å². The minimum Gasteiger partial charge on any atom is -0.326 e. The van der Waals surface area contributed by atoms with Crippen molar-refractivity contribution in [2.24, 2.45) is 0 Å². The van der Waals surface area contributed by atoms with Crippen LogP contribution in [-0.2, 0) is 5.16 Å². The van der Waals surface area contributed by atoms with E-state index >= 15 is 0 Å². The van der Waals surface area contributed by atoms with Crippen LogP contribution < -0.4 is 0 Å². The quantitative estimate of drug-likeness (QED) is 0.269. The minimum atomic E-state index is -0.684. The summed E-state index contributed by atoms with van der Waals surface area (Å²) in [7, 11) is 1.56. The third-order valence-corrected chi connectivity index (χ3v) is 8.90. The first kappa shape index (κ1) is 25.2. The van der Waals surface area contributed by atoms with Crippen LogP contribution in [0.15, 0.2) is 152 Å².